The first-order chi connectivity index (χ1) is 3.97. The molecule has 5 heteroatoms. The minimum atomic E-state index is -2.00. The predicted octanol–water partition coefficient (Wildman–Crippen LogP) is -0.838. The van der Waals surface area contributed by atoms with Crippen LogP contribution in [-0.2, 0) is 22.8 Å². The number of hydrogen-bond donors (Lipinski definition) is 1. The van der Waals surface area contributed by atoms with Gasteiger partial charge in [0.25, 0.3) is 0 Å². The van der Waals surface area contributed by atoms with E-state index < -0.39 is 19.5 Å². The van der Waals surface area contributed by atoms with Crippen LogP contribution in [0, 0.1) is 0 Å². The third-order valence-electron chi connectivity index (χ3n) is 0.774. The van der Waals surface area contributed by atoms with Gasteiger partial charge in [-0.2, -0.15) is 4.65 Å². The Hall–Kier alpha value is 0.394. The van der Waals surface area contributed by atoms with Crippen molar-refractivity contribution in [1.82, 2.24) is 0 Å². The molecule has 9 heavy (non-hydrogen) atoms. The van der Waals surface area contributed by atoms with E-state index in [1.54, 1.807) is 14.1 Å². The van der Waals surface area contributed by atoms with Crippen LogP contribution < -0.4 is 3.69 Å². The van der Waals surface area contributed by atoms with Gasteiger partial charge in [0.1, 0.15) is 6.54 Å². The Balaban J connectivity index is 0. The molecular formula is C4H12NO3Ti. The summed E-state index contributed by atoms with van der Waals surface area (Å²) in [6.45, 7) is 2.69. The van der Waals surface area contributed by atoms with Crippen molar-refractivity contribution in [3.8, 4) is 0 Å². The van der Waals surface area contributed by atoms with Crippen molar-refractivity contribution in [2.45, 2.75) is 6.92 Å². The first-order valence-corrected chi connectivity index (χ1v) is 3.80. The molecule has 0 unspecified atom stereocenters. The van der Waals surface area contributed by atoms with Crippen molar-refractivity contribution in [3.05, 3.63) is 0 Å². The second-order valence-corrected chi connectivity index (χ2v) is 2.28. The summed E-state index contributed by atoms with van der Waals surface area (Å²) in [6, 6.07) is 0. The average molecular weight is 170 g/mol. The summed E-state index contributed by atoms with van der Waals surface area (Å²) in [5.41, 5.74) is 0. The fourth-order valence-corrected chi connectivity index (χ4v) is 0. The monoisotopic (exact) mass is 170 g/mol. The van der Waals surface area contributed by atoms with E-state index >= 15 is 0 Å². The standard InChI is InChI=1S/C4H12NO.2O.Ti/c1-4-5(2,3)6;;;/h6H,4H2,1-3H3;;;/q+1;;-1;. The maximum atomic E-state index is 8.76. The third-order valence-corrected chi connectivity index (χ3v) is 0.774. The molecule has 55 valence electrons. The summed E-state index contributed by atoms with van der Waals surface area (Å²) >= 11 is -2.00. The molecule has 0 aliphatic heterocycles. The first kappa shape index (κ1) is 12.1. The molecule has 0 fully saturated rings. The molecule has 0 aliphatic rings. The molecule has 0 atom stereocenters. The summed E-state index contributed by atoms with van der Waals surface area (Å²) in [6.07, 6.45) is 0. The van der Waals surface area contributed by atoms with Gasteiger partial charge in [0, 0.05) is 0 Å². The molecule has 1 N–H and O–H groups in total. The number of quaternary nitrogens is 1. The molecule has 4 nitrogen and oxygen atoms in total. The van der Waals surface area contributed by atoms with Crippen molar-refractivity contribution < 1.29 is 36.4 Å². The van der Waals surface area contributed by atoms with E-state index in [-0.39, 0.29) is 4.65 Å². The quantitative estimate of drug-likeness (QED) is 0.317. The van der Waals surface area contributed by atoms with Crippen LogP contribution in [0.25, 0.3) is 0 Å². The van der Waals surface area contributed by atoms with Gasteiger partial charge in [0.15, 0.2) is 0 Å². The third kappa shape index (κ3) is 29.8. The van der Waals surface area contributed by atoms with Crippen molar-refractivity contribution in [3.63, 3.8) is 0 Å². The van der Waals surface area contributed by atoms with Gasteiger partial charge in [-0.15, -0.1) is 0 Å². The van der Waals surface area contributed by atoms with E-state index in [9.17, 15) is 0 Å². The second-order valence-electron chi connectivity index (χ2n) is 2.02. The molecule has 0 aromatic rings. The predicted molar refractivity (Wildman–Crippen MR) is 25.1 cm³/mol. The zero-order valence-corrected chi connectivity index (χ0v) is 7.48. The van der Waals surface area contributed by atoms with Crippen molar-refractivity contribution in [1.29, 1.82) is 0 Å². The van der Waals surface area contributed by atoms with E-state index in [1.165, 1.54) is 0 Å². The molecule has 0 saturated heterocycles. The van der Waals surface area contributed by atoms with Crippen LogP contribution in [0.4, 0.5) is 0 Å². The van der Waals surface area contributed by atoms with E-state index in [0.29, 0.717) is 0 Å². The van der Waals surface area contributed by atoms with E-state index in [1.807, 2.05) is 6.92 Å². The van der Waals surface area contributed by atoms with Gasteiger partial charge in [0.05, 0.1) is 14.1 Å². The Kier molecular flexibility index (Phi) is 8.76. The molecule has 0 spiro atoms. The molecule has 0 aromatic carbocycles. The SMILES string of the molecule is CC[N+](C)(C)O.[O]=[Ti][O-]. The van der Waals surface area contributed by atoms with Gasteiger partial charge in [-0.1, -0.05) is 0 Å². The van der Waals surface area contributed by atoms with E-state index in [2.05, 4.69) is 0 Å². The zero-order valence-electron chi connectivity index (χ0n) is 5.92. The molecule has 0 saturated carbocycles. The van der Waals surface area contributed by atoms with Gasteiger partial charge in [-0.25, -0.2) is 5.21 Å². The fraction of sp³-hybridized carbons (Fsp3) is 1.00. The van der Waals surface area contributed by atoms with Crippen molar-refractivity contribution in [2.24, 2.45) is 0 Å². The number of rotatable bonds is 1. The molecule has 0 amide bonds. The van der Waals surface area contributed by atoms with Gasteiger partial charge < -0.3 is 0 Å². The Morgan fingerprint density at radius 1 is 1.67 bits per heavy atom. The second kappa shape index (κ2) is 6.51. The summed E-state index contributed by atoms with van der Waals surface area (Å²) in [5, 5.41) is 8.76. The molecule has 0 rings (SSSR count). The molecule has 0 aromatic heterocycles. The first-order valence-electron chi connectivity index (χ1n) is 2.53. The fourth-order valence-electron chi connectivity index (χ4n) is 0. The normalized spacial score (nSPS) is 9.00. The molecule has 0 bridgehead atoms. The molecule has 0 heterocycles. The van der Waals surface area contributed by atoms with Crippen LogP contribution >= 0.6 is 0 Å². The Bertz CT molecular complexity index is 70.7. The number of hydrogen-bond acceptors (Lipinski definition) is 3. The minimum absolute atomic E-state index is 0.0694. The summed E-state index contributed by atoms with van der Waals surface area (Å²) < 4.78 is 17.1. The summed E-state index contributed by atoms with van der Waals surface area (Å²) in [7, 11) is 3.47. The van der Waals surface area contributed by atoms with Gasteiger partial charge >= 0.3 is 26.5 Å². The Morgan fingerprint density at radius 2 is 1.78 bits per heavy atom. The van der Waals surface area contributed by atoms with Crippen LogP contribution in [0.2, 0.25) is 0 Å². The van der Waals surface area contributed by atoms with E-state index in [4.69, 9.17) is 12.2 Å². The average Bonchev–Trinajstić information content (AvgIpc) is 1.67. The van der Waals surface area contributed by atoms with Crippen molar-refractivity contribution in [2.75, 3.05) is 20.6 Å². The van der Waals surface area contributed by atoms with Gasteiger partial charge in [-0.05, 0) is 6.92 Å². The van der Waals surface area contributed by atoms with E-state index in [0.717, 1.165) is 6.54 Å². The molecule has 0 aliphatic carbocycles. The number of nitrogens with zero attached hydrogens (tertiary/aromatic N) is 1. The zero-order chi connectivity index (χ0) is 7.91. The van der Waals surface area contributed by atoms with Crippen LogP contribution in [0.15, 0.2) is 0 Å². The molecule has 0 radical (unpaired) electrons. The molecular weight excluding hydrogens is 158 g/mol. The Morgan fingerprint density at radius 3 is 1.78 bits per heavy atom. The van der Waals surface area contributed by atoms with Crippen LogP contribution in [0.3, 0.4) is 0 Å². The summed E-state index contributed by atoms with van der Waals surface area (Å²) in [5.74, 6) is 0. The van der Waals surface area contributed by atoms with Crippen molar-refractivity contribution >= 4 is 0 Å². The van der Waals surface area contributed by atoms with Crippen LogP contribution in [0.5, 0.6) is 0 Å². The van der Waals surface area contributed by atoms with Gasteiger partial charge in [0.2, 0.25) is 0 Å². The summed E-state index contributed by atoms with van der Waals surface area (Å²) in [4.78, 5) is 0. The Labute approximate surface area is 64.4 Å². The number of hydroxylamine groups is 3. The topological polar surface area (TPSA) is 60.4 Å². The van der Waals surface area contributed by atoms with Crippen LogP contribution in [-0.4, -0.2) is 30.5 Å². The maximum absolute atomic E-state index is 8.76. The van der Waals surface area contributed by atoms with Gasteiger partial charge in [-0.3, -0.25) is 0 Å². The van der Waals surface area contributed by atoms with Crippen LogP contribution in [0.1, 0.15) is 6.92 Å².